The molecule has 0 aliphatic rings. The van der Waals surface area contributed by atoms with Gasteiger partial charge in [0.25, 0.3) is 0 Å². The topological polar surface area (TPSA) is 36.9 Å². The first-order valence-electron chi connectivity index (χ1n) is 6.05. The van der Waals surface area contributed by atoms with Crippen molar-refractivity contribution in [2.45, 2.75) is 37.4 Å². The van der Waals surface area contributed by atoms with Gasteiger partial charge in [0, 0.05) is 0 Å². The molecule has 21 heteroatoms. The van der Waals surface area contributed by atoms with Gasteiger partial charge in [-0.1, -0.05) is 0 Å². The van der Waals surface area contributed by atoms with E-state index in [1.807, 2.05) is 0 Å². The van der Waals surface area contributed by atoms with Crippen LogP contribution in [0.3, 0.4) is 0 Å². The van der Waals surface area contributed by atoms with Crippen LogP contribution in [0.1, 0.15) is 0 Å². The van der Waals surface area contributed by atoms with Crippen LogP contribution >= 0.6 is 186 Å². The van der Waals surface area contributed by atoms with Crippen LogP contribution in [-0.2, 0) is 31.4 Å². The van der Waals surface area contributed by atoms with E-state index in [1.54, 1.807) is 0 Å². The fourth-order valence-corrected chi connectivity index (χ4v) is 8.58. The molecule has 0 aromatic heterocycles. The summed E-state index contributed by atoms with van der Waals surface area (Å²) in [4.78, 5) is -6.78. The number of hydrogen-bond acceptors (Lipinski definition) is 4. The van der Waals surface area contributed by atoms with Crippen molar-refractivity contribution in [1.82, 2.24) is 0 Å². The predicted octanol–water partition coefficient (Wildman–Crippen LogP) is 9.61. The molecule has 0 saturated carbocycles. The molecule has 176 valence electrons. The van der Waals surface area contributed by atoms with Crippen LogP contribution in [0.4, 0.5) is 0 Å². The van der Waals surface area contributed by atoms with E-state index in [1.165, 1.54) is 0 Å². The standard InChI is InChI=1S/4C2HCl4O.Ti/c4*3-1(4)2(5,6)7;/h4*1H;/q4*-1;+4. The van der Waals surface area contributed by atoms with Crippen LogP contribution in [0.15, 0.2) is 0 Å². The molecule has 0 aromatic carbocycles. The van der Waals surface area contributed by atoms with Gasteiger partial charge in [-0.05, 0) is 0 Å². The summed E-state index contributed by atoms with van der Waals surface area (Å²) in [5.74, 6) is 0. The molecule has 0 saturated heterocycles. The molecule has 0 N–H and O–H groups in total. The van der Waals surface area contributed by atoms with Crippen LogP contribution < -0.4 is 0 Å². The molecule has 0 unspecified atom stereocenters. The zero-order valence-corrected chi connectivity index (χ0v) is 26.1. The minimum absolute atomic E-state index is 1.69. The fraction of sp³-hybridized carbons (Fsp3) is 1.00. The van der Waals surface area contributed by atoms with Crippen molar-refractivity contribution in [2.24, 2.45) is 0 Å². The van der Waals surface area contributed by atoms with E-state index >= 15 is 0 Å². The van der Waals surface area contributed by atoms with Gasteiger partial charge in [0.05, 0.1) is 0 Å². The molecule has 0 fully saturated rings. The molecule has 0 aliphatic carbocycles. The summed E-state index contributed by atoms with van der Waals surface area (Å²) < 4.78 is 10.8. The zero-order valence-electron chi connectivity index (χ0n) is 12.5. The third-order valence-electron chi connectivity index (χ3n) is 2.06. The molecule has 0 radical (unpaired) electrons. The normalized spacial score (nSPS) is 15.3. The Hall–Kier alpha value is 5.19. The fourth-order valence-electron chi connectivity index (χ4n) is 0.970. The van der Waals surface area contributed by atoms with Crippen LogP contribution in [0, 0.1) is 0 Å². The molecule has 0 bridgehead atoms. The summed E-state index contributed by atoms with van der Waals surface area (Å²) >= 11 is 86.6. The van der Waals surface area contributed by atoms with E-state index in [4.69, 9.17) is 199 Å². The average Bonchev–Trinajstić information content (AvgIpc) is 2.43. The molecular formula is C8H4Cl16O4Ti. The Morgan fingerprint density at radius 1 is 0.379 bits per heavy atom. The first-order valence-corrected chi connectivity index (χ1v) is 15.1. The van der Waals surface area contributed by atoms with Gasteiger partial charge in [0.2, 0.25) is 0 Å². The van der Waals surface area contributed by atoms with Crippen molar-refractivity contribution in [1.29, 1.82) is 0 Å². The van der Waals surface area contributed by atoms with Crippen molar-refractivity contribution >= 4 is 186 Å². The van der Waals surface area contributed by atoms with E-state index in [0.29, 0.717) is 0 Å². The van der Waals surface area contributed by atoms with Crippen molar-refractivity contribution in [2.75, 3.05) is 0 Å². The Morgan fingerprint density at radius 2 is 0.517 bits per heavy atom. The van der Waals surface area contributed by atoms with Crippen molar-refractivity contribution < 1.29 is 31.4 Å². The van der Waals surface area contributed by atoms with Gasteiger partial charge in [0.1, 0.15) is 0 Å². The third-order valence-corrected chi connectivity index (χ3v) is 13.9. The summed E-state index contributed by atoms with van der Waals surface area (Å²) in [6.45, 7) is 0. The maximum absolute atomic E-state index is 6.00. The molecule has 0 amide bonds. The van der Waals surface area contributed by atoms with Gasteiger partial charge in [-0.3, -0.25) is 0 Å². The van der Waals surface area contributed by atoms with E-state index in [2.05, 4.69) is 0 Å². The van der Waals surface area contributed by atoms with E-state index in [9.17, 15) is 0 Å². The Balaban J connectivity index is 6.59. The van der Waals surface area contributed by atoms with Crippen molar-refractivity contribution in [3.05, 3.63) is 0 Å². The summed E-state index contributed by atoms with van der Waals surface area (Å²) in [7, 11) is 0. The third kappa shape index (κ3) is 11.4. The SMILES string of the molecule is ClC(Cl)C(Cl)(Cl)[O][Ti]([O]C(Cl)(Cl)C(Cl)Cl)([O]C(Cl)(Cl)C(Cl)Cl)[O]C(Cl)(Cl)C(Cl)Cl. The number of rotatable bonds is 12. The Morgan fingerprint density at radius 3 is 0.621 bits per heavy atom. The Labute approximate surface area is 251 Å². The van der Waals surface area contributed by atoms with Gasteiger partial charge in [-0.2, -0.15) is 0 Å². The molecule has 0 aromatic rings. The van der Waals surface area contributed by atoms with E-state index in [-0.39, 0.29) is 0 Å². The second-order valence-electron chi connectivity index (χ2n) is 4.36. The first kappa shape index (κ1) is 34.2. The second kappa shape index (κ2) is 13.1. The van der Waals surface area contributed by atoms with Crippen LogP contribution in [0.25, 0.3) is 0 Å². The number of hydrogen-bond donors (Lipinski definition) is 0. The first-order chi connectivity index (χ1) is 12.6. The molecule has 0 aliphatic heterocycles. The number of alkyl halides is 16. The molecule has 0 heterocycles. The minimum atomic E-state index is -6.00. The van der Waals surface area contributed by atoms with Gasteiger partial charge in [-0.15, -0.1) is 0 Å². The summed E-state index contributed by atoms with van der Waals surface area (Å²) in [6, 6.07) is 0. The quantitative estimate of drug-likeness (QED) is 0.146. The molecular weight excluding hydrogens is 775 g/mol. The van der Waals surface area contributed by atoms with Crippen molar-refractivity contribution in [3.63, 3.8) is 0 Å². The van der Waals surface area contributed by atoms with Crippen LogP contribution in [0.2, 0.25) is 0 Å². The summed E-state index contributed by atoms with van der Waals surface area (Å²) in [5.41, 5.74) is 0. The van der Waals surface area contributed by atoms with Crippen molar-refractivity contribution in [3.8, 4) is 0 Å². The van der Waals surface area contributed by atoms with Gasteiger partial charge < -0.3 is 0 Å². The maximum atomic E-state index is 5.91. The molecule has 29 heavy (non-hydrogen) atoms. The predicted molar refractivity (Wildman–Crippen MR) is 124 cm³/mol. The molecule has 0 rings (SSSR count). The van der Waals surface area contributed by atoms with Gasteiger partial charge >= 0.3 is 254 Å². The van der Waals surface area contributed by atoms with Crippen LogP contribution in [-0.4, -0.2) is 37.4 Å². The summed E-state index contributed by atoms with van der Waals surface area (Å²) in [5, 5.41) is 0. The number of halogens is 16. The molecule has 4 nitrogen and oxygen atoms in total. The Bertz CT molecular complexity index is 434. The zero-order chi connectivity index (χ0) is 23.6. The molecule has 0 spiro atoms. The van der Waals surface area contributed by atoms with Gasteiger partial charge in [-0.25, -0.2) is 0 Å². The summed E-state index contributed by atoms with van der Waals surface area (Å²) in [6.07, 6.45) is 0. The van der Waals surface area contributed by atoms with Crippen LogP contribution in [0.5, 0.6) is 0 Å². The van der Waals surface area contributed by atoms with E-state index in [0.717, 1.165) is 0 Å². The van der Waals surface area contributed by atoms with E-state index < -0.39 is 55.6 Å². The second-order valence-corrected chi connectivity index (χ2v) is 16.8. The molecule has 0 atom stereocenters. The Kier molecular flexibility index (Phi) is 15.5. The van der Waals surface area contributed by atoms with Gasteiger partial charge in [0.15, 0.2) is 0 Å². The monoisotopic (exact) mass is 771 g/mol. The average molecular weight is 779 g/mol.